The smallest absolute Gasteiger partial charge is 0.407 e. The van der Waals surface area contributed by atoms with Gasteiger partial charge in [-0.25, -0.2) is 28.0 Å². The lowest BCUT2D eigenvalue weighted by Crippen LogP contribution is -2.54. The molecule has 0 spiro atoms. The van der Waals surface area contributed by atoms with Crippen molar-refractivity contribution in [2.75, 3.05) is 85.7 Å². The summed E-state index contributed by atoms with van der Waals surface area (Å²) in [6.45, 7) is 16.9. The van der Waals surface area contributed by atoms with E-state index in [2.05, 4.69) is 52.3 Å². The molecule has 32 heteroatoms. The fourth-order valence-electron chi connectivity index (χ4n) is 18.3. The van der Waals surface area contributed by atoms with Crippen molar-refractivity contribution in [3.8, 4) is 0 Å². The molecular weight excluding hydrogens is 1640 g/mol. The van der Waals surface area contributed by atoms with Crippen LogP contribution in [0.4, 0.5) is 62.1 Å². The highest BCUT2D eigenvalue weighted by Gasteiger charge is 2.46. The lowest BCUT2D eigenvalue weighted by Gasteiger charge is -2.33. The Labute approximate surface area is 747 Å². The highest BCUT2D eigenvalue weighted by molar-refractivity contribution is 6.02. The van der Waals surface area contributed by atoms with Gasteiger partial charge in [0.15, 0.2) is 0 Å². The van der Waals surface area contributed by atoms with Gasteiger partial charge in [-0.1, -0.05) is 130 Å². The van der Waals surface area contributed by atoms with Gasteiger partial charge in [-0.3, -0.25) is 38.4 Å². The lowest BCUT2D eigenvalue weighted by atomic mass is 9.97. The Morgan fingerprint density at radius 1 is 0.305 bits per heavy atom. The highest BCUT2D eigenvalue weighted by atomic mass is 19.1. The van der Waals surface area contributed by atoms with Gasteiger partial charge in [0.2, 0.25) is 47.3 Å². The number of nitrogens with one attached hydrogen (secondary N) is 8. The molecule has 6 aliphatic heterocycles. The first kappa shape index (κ1) is 96.3. The van der Waals surface area contributed by atoms with Gasteiger partial charge in [-0.2, -0.15) is 0 Å². The normalized spacial score (nSPS) is 21.3. The maximum Gasteiger partial charge on any atom is 0.407 e. The van der Waals surface area contributed by atoms with E-state index in [0.717, 1.165) is 59.3 Å². The van der Waals surface area contributed by atoms with Crippen molar-refractivity contribution in [1.29, 1.82) is 0 Å². The van der Waals surface area contributed by atoms with Crippen molar-refractivity contribution in [3.05, 3.63) is 179 Å². The molecule has 6 aromatic rings. The molecule has 6 aromatic carbocycles. The number of carbonyl (C=O) groups is 12. The Balaban J connectivity index is 0.000000248. The summed E-state index contributed by atoms with van der Waals surface area (Å²) in [5.41, 5.74) is 8.03. The molecule has 0 unspecified atom stereocenters. The highest BCUT2D eigenvalue weighted by Crippen LogP contribution is 2.49. The molecule has 6 saturated heterocycles. The van der Waals surface area contributed by atoms with Gasteiger partial charge < -0.3 is 90.9 Å². The first-order chi connectivity index (χ1) is 61.5. The molecule has 0 aromatic heterocycles. The summed E-state index contributed by atoms with van der Waals surface area (Å²) >= 11 is 0. The molecule has 16 atom stereocenters. The number of alkyl carbamates (subject to hydrolysis) is 4. The molecule has 688 valence electrons. The molecule has 0 aliphatic carbocycles. The number of ether oxygens (including phenoxy) is 4. The minimum Gasteiger partial charge on any atom is -0.453 e. The van der Waals surface area contributed by atoms with Crippen molar-refractivity contribution >= 4 is 106 Å². The van der Waals surface area contributed by atoms with Crippen molar-refractivity contribution in [1.82, 2.24) is 40.9 Å². The van der Waals surface area contributed by atoms with Crippen molar-refractivity contribution in [3.63, 3.8) is 0 Å². The van der Waals surface area contributed by atoms with Crippen molar-refractivity contribution in [2.24, 2.45) is 23.7 Å². The van der Waals surface area contributed by atoms with Crippen LogP contribution in [0, 0.1) is 35.3 Å². The van der Waals surface area contributed by atoms with Crippen LogP contribution >= 0.6 is 0 Å². The number of nitrogens with zero attached hydrogens (tertiary/aromatic N) is 6. The molecule has 6 heterocycles. The molecule has 12 rings (SSSR count). The van der Waals surface area contributed by atoms with E-state index >= 15 is 0 Å². The predicted molar refractivity (Wildman–Crippen MR) is 482 cm³/mol. The van der Waals surface area contributed by atoms with E-state index in [0.29, 0.717) is 126 Å². The zero-order valence-corrected chi connectivity index (χ0v) is 75.2. The van der Waals surface area contributed by atoms with Gasteiger partial charge >= 0.3 is 24.4 Å². The first-order valence-electron chi connectivity index (χ1n) is 44.9. The minimum atomic E-state index is -0.817. The summed E-state index contributed by atoms with van der Waals surface area (Å²) < 4.78 is 47.5. The summed E-state index contributed by atoms with van der Waals surface area (Å²) in [5, 5.41) is 22.6. The summed E-state index contributed by atoms with van der Waals surface area (Å²) in [5.74, 6) is -3.78. The number of carbonyl (C=O) groups excluding carboxylic acids is 12. The second kappa shape index (κ2) is 44.9. The number of likely N-dealkylation sites (tertiary alicyclic amines) is 4. The monoisotopic (exact) mass is 1770 g/mol. The number of hydrogen-bond acceptors (Lipinski definition) is 18. The summed E-state index contributed by atoms with van der Waals surface area (Å²) in [4.78, 5) is 168. The Bertz CT molecular complexity index is 4290. The Kier molecular flexibility index (Phi) is 33.7. The number of halogens is 2. The average molecular weight is 1770 g/mol. The van der Waals surface area contributed by atoms with E-state index in [1.165, 1.54) is 52.7 Å². The molecule has 6 fully saturated rings. The average Bonchev–Trinajstić information content (AvgIpc) is 1.63. The van der Waals surface area contributed by atoms with E-state index in [9.17, 15) is 66.3 Å². The quantitative estimate of drug-likeness (QED) is 0.0194. The number of hydrogen-bond donors (Lipinski definition) is 8. The number of rotatable bonds is 30. The maximum absolute atomic E-state index is 14.2. The fourth-order valence-corrected chi connectivity index (χ4v) is 18.3. The first-order valence-corrected chi connectivity index (χ1v) is 44.9. The van der Waals surface area contributed by atoms with Gasteiger partial charge in [-0.05, 0) is 220 Å². The van der Waals surface area contributed by atoms with Crippen LogP contribution in [0.3, 0.4) is 0 Å². The number of amides is 12. The van der Waals surface area contributed by atoms with Crippen LogP contribution in [0.2, 0.25) is 0 Å². The number of anilines is 6. The van der Waals surface area contributed by atoms with Crippen LogP contribution in [-0.4, -0.2) is 194 Å². The Hall–Kier alpha value is -12.4. The minimum absolute atomic E-state index is 0.0823. The summed E-state index contributed by atoms with van der Waals surface area (Å²) in [6.07, 6.45) is 7.60. The number of benzene rings is 6. The third-order valence-electron chi connectivity index (χ3n) is 26.4. The van der Waals surface area contributed by atoms with Crippen LogP contribution in [0.25, 0.3) is 0 Å². The van der Waals surface area contributed by atoms with E-state index in [1.807, 2.05) is 152 Å². The molecule has 30 nitrogen and oxygen atoms in total. The third kappa shape index (κ3) is 23.1. The van der Waals surface area contributed by atoms with Gasteiger partial charge in [0.05, 0.1) is 52.6 Å². The van der Waals surface area contributed by atoms with Crippen molar-refractivity contribution < 1.29 is 85.3 Å². The zero-order chi connectivity index (χ0) is 92.2. The van der Waals surface area contributed by atoms with Crippen LogP contribution < -0.4 is 52.3 Å². The zero-order valence-electron chi connectivity index (χ0n) is 75.2. The standard InChI is InChI=1S/2C48H62FN7O8/c2*1-7-29(3)41(52-47(61)63-5)45(59)54-27-9-11-39(54)43(57)50-34-19-13-31(14-20-34)37-25-26-38(56(37)36-23-17-33(49)18-24-36)32-15-21-35(22-16-32)51-44(58)40-12-10-28-55(40)46(60)42(30(4)8-2)53-48(62)64-6/h2*13-24,29-30,37-42H,7-12,25-28H2,1-6H3,(H,50,57)(H,51,58)(H,52,61)(H,53,62)/t29-,30-,37+,38+,39+,40+,41+,42+;29-,30-,37-,38-,39+,40+,41+,42+/m11/s1. The van der Waals surface area contributed by atoms with E-state index in [4.69, 9.17) is 18.9 Å². The topological polar surface area (TPSA) is 357 Å². The van der Waals surface area contributed by atoms with E-state index in [1.54, 1.807) is 43.9 Å². The van der Waals surface area contributed by atoms with Gasteiger partial charge in [0.1, 0.15) is 60.0 Å². The maximum atomic E-state index is 14.2. The van der Waals surface area contributed by atoms with Crippen LogP contribution in [0.1, 0.15) is 205 Å². The SMILES string of the molecule is CC[C@@H](C)[C@H](NC(=O)OC)C(=O)N1CCC[C@H]1C(=O)Nc1ccc([C@@H]2CC[C@@H](c3ccc(NC(=O)[C@@H]4CCCN4C(=O)[C@@H](NC(=O)OC)[C@H](C)CC)cc3)N2c2ccc(F)cc2)cc1.CC[C@@H](C)[C@H](NC(=O)OC)C(=O)N1CCC[C@H]1C(=O)Nc1ccc([C@H]2CC[C@H](c3ccc(NC(=O)[C@@H]4CCCN4C(=O)[C@@H](NC(=O)OC)[C@H](C)CC)cc3)N2c2ccc(F)cc2)cc1. The molecule has 12 amide bonds. The molecule has 128 heavy (non-hydrogen) atoms. The fraction of sp³-hybridized carbons (Fsp3) is 0.500. The molecular formula is C96H124F2N14O16. The summed E-state index contributed by atoms with van der Waals surface area (Å²) in [6, 6.07) is 37.1. The van der Waals surface area contributed by atoms with Gasteiger partial charge in [0.25, 0.3) is 0 Å². The molecule has 0 bridgehead atoms. The Morgan fingerprint density at radius 2 is 0.500 bits per heavy atom. The second-order valence-corrected chi connectivity index (χ2v) is 34.2. The van der Waals surface area contributed by atoms with Crippen molar-refractivity contribution in [2.45, 2.75) is 231 Å². The van der Waals surface area contributed by atoms with Gasteiger partial charge in [0, 0.05) is 60.3 Å². The number of methoxy groups -OCH3 is 4. The van der Waals surface area contributed by atoms with Crippen LogP contribution in [0.15, 0.2) is 146 Å². The lowest BCUT2D eigenvalue weighted by molar-refractivity contribution is -0.139. The Morgan fingerprint density at radius 3 is 0.680 bits per heavy atom. The molecule has 0 radical (unpaired) electrons. The van der Waals surface area contributed by atoms with Crippen LogP contribution in [-0.2, 0) is 57.3 Å². The van der Waals surface area contributed by atoms with E-state index in [-0.39, 0.29) is 107 Å². The predicted octanol–water partition coefficient (Wildman–Crippen LogP) is 14.6. The molecule has 6 aliphatic rings. The van der Waals surface area contributed by atoms with E-state index < -0.39 is 72.7 Å². The third-order valence-corrected chi connectivity index (χ3v) is 26.4. The second-order valence-electron chi connectivity index (χ2n) is 34.2. The van der Waals surface area contributed by atoms with Crippen LogP contribution in [0.5, 0.6) is 0 Å². The molecule has 8 N–H and O–H groups in total. The summed E-state index contributed by atoms with van der Waals surface area (Å²) in [7, 11) is 4.99. The molecule has 0 saturated carbocycles. The largest absolute Gasteiger partial charge is 0.453 e. The van der Waals surface area contributed by atoms with Gasteiger partial charge in [-0.15, -0.1) is 0 Å².